The molecule has 0 heterocycles. The van der Waals surface area contributed by atoms with Crippen LogP contribution >= 0.6 is 24.2 Å². The van der Waals surface area contributed by atoms with E-state index in [1.807, 2.05) is 23.1 Å². The lowest BCUT2D eigenvalue weighted by atomic mass is 10.2. The van der Waals surface area contributed by atoms with Gasteiger partial charge in [-0.15, -0.1) is 12.4 Å². The number of hydrogen-bond donors (Lipinski definition) is 3. The standard InChI is InChI=1S/C14H23NO3S.ClH/c16-8-6-15(7-9-17)10-14(18)12-19-11-13-4-2-1-3-5-13;/h1-5,14,16-18H,6-12H2;1H. The lowest BCUT2D eigenvalue weighted by Gasteiger charge is -2.23. The van der Waals surface area contributed by atoms with Crippen LogP contribution in [0.4, 0.5) is 0 Å². The average molecular weight is 322 g/mol. The van der Waals surface area contributed by atoms with Crippen molar-refractivity contribution in [2.45, 2.75) is 11.9 Å². The van der Waals surface area contributed by atoms with Crippen molar-refractivity contribution in [3.8, 4) is 0 Å². The molecule has 0 radical (unpaired) electrons. The van der Waals surface area contributed by atoms with Crippen LogP contribution in [0.1, 0.15) is 5.56 Å². The van der Waals surface area contributed by atoms with Gasteiger partial charge in [-0.2, -0.15) is 11.8 Å². The number of aliphatic hydroxyl groups excluding tert-OH is 3. The van der Waals surface area contributed by atoms with E-state index < -0.39 is 6.10 Å². The molecule has 0 fully saturated rings. The number of benzene rings is 1. The van der Waals surface area contributed by atoms with Crippen LogP contribution in [0.25, 0.3) is 0 Å². The van der Waals surface area contributed by atoms with Crippen molar-refractivity contribution < 1.29 is 15.3 Å². The Hall–Kier alpha value is -0.300. The first-order chi connectivity index (χ1) is 9.26. The van der Waals surface area contributed by atoms with Crippen molar-refractivity contribution in [3.05, 3.63) is 35.9 Å². The molecule has 116 valence electrons. The summed E-state index contributed by atoms with van der Waals surface area (Å²) in [4.78, 5) is 1.87. The van der Waals surface area contributed by atoms with Gasteiger partial charge >= 0.3 is 0 Å². The Morgan fingerprint density at radius 1 is 1.05 bits per heavy atom. The lowest BCUT2D eigenvalue weighted by molar-refractivity contribution is 0.0994. The van der Waals surface area contributed by atoms with Crippen molar-refractivity contribution in [3.63, 3.8) is 0 Å². The van der Waals surface area contributed by atoms with Crippen molar-refractivity contribution >= 4 is 24.2 Å². The zero-order valence-electron chi connectivity index (χ0n) is 11.5. The van der Waals surface area contributed by atoms with Crippen molar-refractivity contribution in [1.29, 1.82) is 0 Å². The van der Waals surface area contributed by atoms with E-state index in [9.17, 15) is 5.11 Å². The van der Waals surface area contributed by atoms with E-state index in [1.54, 1.807) is 11.8 Å². The molecule has 1 unspecified atom stereocenters. The van der Waals surface area contributed by atoms with Gasteiger partial charge in [0.2, 0.25) is 0 Å². The zero-order valence-corrected chi connectivity index (χ0v) is 13.2. The van der Waals surface area contributed by atoms with Crippen LogP contribution in [0, 0.1) is 0 Å². The number of aliphatic hydroxyl groups is 3. The van der Waals surface area contributed by atoms with Gasteiger partial charge in [-0.3, -0.25) is 4.90 Å². The molecule has 0 amide bonds. The smallest absolute Gasteiger partial charge is 0.0757 e. The monoisotopic (exact) mass is 321 g/mol. The van der Waals surface area contributed by atoms with Crippen LogP contribution in [0.5, 0.6) is 0 Å². The maximum atomic E-state index is 9.93. The second kappa shape index (κ2) is 12.4. The summed E-state index contributed by atoms with van der Waals surface area (Å²) in [6.45, 7) is 1.55. The van der Waals surface area contributed by atoms with E-state index in [0.29, 0.717) is 25.4 Å². The Bertz CT molecular complexity index is 323. The van der Waals surface area contributed by atoms with Crippen molar-refractivity contribution in [1.82, 2.24) is 4.90 Å². The molecule has 0 spiro atoms. The van der Waals surface area contributed by atoms with Crippen LogP contribution in [0.2, 0.25) is 0 Å². The highest BCUT2D eigenvalue weighted by atomic mass is 35.5. The van der Waals surface area contributed by atoms with Crippen LogP contribution in [-0.2, 0) is 5.75 Å². The van der Waals surface area contributed by atoms with Gasteiger partial charge in [-0.05, 0) is 5.56 Å². The highest BCUT2D eigenvalue weighted by Crippen LogP contribution is 2.13. The van der Waals surface area contributed by atoms with Gasteiger partial charge in [0.15, 0.2) is 0 Å². The fraction of sp³-hybridized carbons (Fsp3) is 0.571. The molecule has 1 rings (SSSR count). The highest BCUT2D eigenvalue weighted by Gasteiger charge is 2.11. The predicted molar refractivity (Wildman–Crippen MR) is 86.5 cm³/mol. The summed E-state index contributed by atoms with van der Waals surface area (Å²) in [6, 6.07) is 10.2. The summed E-state index contributed by atoms with van der Waals surface area (Å²) >= 11 is 1.69. The summed E-state index contributed by atoms with van der Waals surface area (Å²) in [5.74, 6) is 1.54. The molecule has 1 atom stereocenters. The average Bonchev–Trinajstić information content (AvgIpc) is 2.40. The van der Waals surface area contributed by atoms with E-state index in [-0.39, 0.29) is 25.6 Å². The van der Waals surface area contributed by atoms with E-state index >= 15 is 0 Å². The molecule has 0 bridgehead atoms. The fourth-order valence-electron chi connectivity index (χ4n) is 1.82. The van der Waals surface area contributed by atoms with Crippen molar-refractivity contribution in [2.24, 2.45) is 0 Å². The van der Waals surface area contributed by atoms with Gasteiger partial charge in [-0.1, -0.05) is 30.3 Å². The third-order valence-electron chi connectivity index (χ3n) is 2.72. The highest BCUT2D eigenvalue weighted by molar-refractivity contribution is 7.98. The number of hydrogen-bond acceptors (Lipinski definition) is 5. The second-order valence-electron chi connectivity index (χ2n) is 4.40. The van der Waals surface area contributed by atoms with E-state index in [0.717, 1.165) is 5.75 Å². The Labute approximate surface area is 131 Å². The first-order valence-electron chi connectivity index (χ1n) is 6.50. The molecule has 3 N–H and O–H groups in total. The van der Waals surface area contributed by atoms with Crippen LogP contribution < -0.4 is 0 Å². The normalized spacial score (nSPS) is 12.2. The number of thioether (sulfide) groups is 1. The molecule has 4 nitrogen and oxygen atoms in total. The van der Waals surface area contributed by atoms with Gasteiger partial charge in [-0.25, -0.2) is 0 Å². The predicted octanol–water partition coefficient (Wildman–Crippen LogP) is 0.989. The molecule has 0 saturated heterocycles. The van der Waals surface area contributed by atoms with Gasteiger partial charge in [0.1, 0.15) is 0 Å². The molecule has 0 aliphatic rings. The summed E-state index contributed by atoms with van der Waals surface area (Å²) in [5.41, 5.74) is 1.25. The minimum absolute atomic E-state index is 0. The second-order valence-corrected chi connectivity index (χ2v) is 5.43. The van der Waals surface area contributed by atoms with Crippen LogP contribution in [-0.4, -0.2) is 64.9 Å². The summed E-state index contributed by atoms with van der Waals surface area (Å²) in [7, 11) is 0. The van der Waals surface area contributed by atoms with E-state index in [2.05, 4.69) is 12.1 Å². The fourth-order valence-corrected chi connectivity index (χ4v) is 2.74. The van der Waals surface area contributed by atoms with Gasteiger partial charge in [0.25, 0.3) is 0 Å². The Morgan fingerprint density at radius 3 is 2.20 bits per heavy atom. The molecule has 0 aliphatic carbocycles. The first kappa shape index (κ1) is 19.7. The number of nitrogens with zero attached hydrogens (tertiary/aromatic N) is 1. The SMILES string of the molecule is Cl.OCCN(CCO)CC(O)CSCc1ccccc1. The van der Waals surface area contributed by atoms with Gasteiger partial charge in [0, 0.05) is 31.1 Å². The molecule has 1 aromatic rings. The Kier molecular flexibility index (Phi) is 12.3. The Morgan fingerprint density at radius 2 is 1.65 bits per heavy atom. The quantitative estimate of drug-likeness (QED) is 0.600. The third-order valence-corrected chi connectivity index (χ3v) is 3.88. The molecular formula is C14H24ClNO3S. The summed E-state index contributed by atoms with van der Waals surface area (Å²) in [5, 5.41) is 27.7. The number of halogens is 1. The van der Waals surface area contributed by atoms with Gasteiger partial charge in [0.05, 0.1) is 19.3 Å². The minimum Gasteiger partial charge on any atom is -0.395 e. The zero-order chi connectivity index (χ0) is 13.9. The first-order valence-corrected chi connectivity index (χ1v) is 7.65. The molecule has 6 heteroatoms. The van der Waals surface area contributed by atoms with Crippen LogP contribution in [0.3, 0.4) is 0 Å². The largest absolute Gasteiger partial charge is 0.395 e. The van der Waals surface area contributed by atoms with E-state index in [1.165, 1.54) is 5.56 Å². The van der Waals surface area contributed by atoms with Crippen LogP contribution in [0.15, 0.2) is 30.3 Å². The topological polar surface area (TPSA) is 63.9 Å². The summed E-state index contributed by atoms with van der Waals surface area (Å²) in [6.07, 6.45) is -0.438. The number of rotatable bonds is 10. The van der Waals surface area contributed by atoms with E-state index in [4.69, 9.17) is 10.2 Å². The molecule has 0 aromatic heterocycles. The Balaban J connectivity index is 0.00000361. The minimum atomic E-state index is -0.438. The van der Waals surface area contributed by atoms with Crippen molar-refractivity contribution in [2.75, 3.05) is 38.6 Å². The maximum absolute atomic E-state index is 9.93. The molecule has 0 aliphatic heterocycles. The molecule has 1 aromatic carbocycles. The molecule has 20 heavy (non-hydrogen) atoms. The molecular weight excluding hydrogens is 298 g/mol. The summed E-state index contributed by atoms with van der Waals surface area (Å²) < 4.78 is 0. The lowest BCUT2D eigenvalue weighted by Crippen LogP contribution is -2.37. The third kappa shape index (κ3) is 8.79. The maximum Gasteiger partial charge on any atom is 0.0757 e. The molecule has 0 saturated carbocycles. The van der Waals surface area contributed by atoms with Gasteiger partial charge < -0.3 is 15.3 Å².